The highest BCUT2D eigenvalue weighted by molar-refractivity contribution is 6.07. The van der Waals surface area contributed by atoms with E-state index in [1.165, 1.54) is 18.9 Å². The van der Waals surface area contributed by atoms with E-state index >= 15 is 0 Å². The van der Waals surface area contributed by atoms with Gasteiger partial charge in [0.05, 0.1) is 16.8 Å². The second kappa shape index (κ2) is 4.91. The molecule has 1 aromatic heterocycles. The maximum Gasteiger partial charge on any atom is 0.255 e. The number of benzene rings is 1. The van der Waals surface area contributed by atoms with Gasteiger partial charge in [0.15, 0.2) is 0 Å². The quantitative estimate of drug-likeness (QED) is 0.906. The molecule has 4 nitrogen and oxygen atoms in total. The summed E-state index contributed by atoms with van der Waals surface area (Å²) in [5.41, 5.74) is 2.56. The lowest BCUT2D eigenvalue weighted by Gasteiger charge is -2.58. The molecule has 0 saturated heterocycles. The molecule has 1 aromatic carbocycles. The lowest BCUT2D eigenvalue weighted by Crippen LogP contribution is -2.59. The molecule has 2 aromatic rings. The van der Waals surface area contributed by atoms with Gasteiger partial charge < -0.3 is 10.6 Å². The first-order valence-corrected chi connectivity index (χ1v) is 8.76. The van der Waals surface area contributed by atoms with Crippen molar-refractivity contribution in [2.75, 3.05) is 5.32 Å². The van der Waals surface area contributed by atoms with Crippen molar-refractivity contribution in [2.45, 2.75) is 44.7 Å². The largest absolute Gasteiger partial charge is 0.381 e. The molecule has 4 aliphatic carbocycles. The summed E-state index contributed by atoms with van der Waals surface area (Å²) >= 11 is 0. The molecular weight excluding hydrogens is 305 g/mol. The number of halogens is 1. The van der Waals surface area contributed by atoms with E-state index in [2.05, 4.69) is 15.6 Å². The Labute approximate surface area is 139 Å². The number of carbonyl (C=O) groups is 1. The fourth-order valence-corrected chi connectivity index (χ4v) is 3.83. The third-order valence-electron chi connectivity index (χ3n) is 5.84. The van der Waals surface area contributed by atoms with Gasteiger partial charge in [-0.05, 0) is 56.1 Å². The topological polar surface area (TPSA) is 54.0 Å². The highest BCUT2D eigenvalue weighted by atomic mass is 19.1. The maximum atomic E-state index is 13.9. The van der Waals surface area contributed by atoms with Gasteiger partial charge in [-0.2, -0.15) is 0 Å². The highest BCUT2D eigenvalue weighted by Gasteiger charge is 2.52. The molecular formula is C19H20FN3O. The van der Waals surface area contributed by atoms with Crippen molar-refractivity contribution in [1.82, 2.24) is 10.3 Å². The minimum Gasteiger partial charge on any atom is -0.381 e. The third kappa shape index (κ3) is 2.10. The Morgan fingerprint density at radius 2 is 2.00 bits per heavy atom. The van der Waals surface area contributed by atoms with Gasteiger partial charge in [0, 0.05) is 29.7 Å². The van der Waals surface area contributed by atoms with E-state index in [0.29, 0.717) is 28.7 Å². The SMILES string of the molecule is Cc1cc2c(NC3C4CC3C4)c(C(=O)NC3CC3)cnc2cc1F. The summed E-state index contributed by atoms with van der Waals surface area (Å²) in [7, 11) is 0. The molecule has 0 radical (unpaired) electrons. The summed E-state index contributed by atoms with van der Waals surface area (Å²) < 4.78 is 13.9. The average molecular weight is 325 g/mol. The van der Waals surface area contributed by atoms with Gasteiger partial charge in [-0.3, -0.25) is 9.78 Å². The molecule has 4 fully saturated rings. The Morgan fingerprint density at radius 1 is 1.25 bits per heavy atom. The van der Waals surface area contributed by atoms with E-state index < -0.39 is 0 Å². The lowest BCUT2D eigenvalue weighted by atomic mass is 9.52. The zero-order chi connectivity index (χ0) is 16.4. The second-order valence-corrected chi connectivity index (χ2v) is 7.57. The van der Waals surface area contributed by atoms with Crippen LogP contribution in [0.25, 0.3) is 10.9 Å². The summed E-state index contributed by atoms with van der Waals surface area (Å²) in [6.45, 7) is 1.75. The number of pyridine rings is 1. The van der Waals surface area contributed by atoms with Crippen LogP contribution >= 0.6 is 0 Å². The Bertz CT molecular complexity index is 847. The van der Waals surface area contributed by atoms with Crippen LogP contribution in [0.5, 0.6) is 0 Å². The van der Waals surface area contributed by atoms with E-state index in [1.54, 1.807) is 19.2 Å². The molecule has 1 amide bonds. The molecule has 0 aliphatic heterocycles. The van der Waals surface area contributed by atoms with Crippen molar-refractivity contribution in [3.63, 3.8) is 0 Å². The lowest BCUT2D eigenvalue weighted by molar-refractivity contribution is -0.00385. The summed E-state index contributed by atoms with van der Waals surface area (Å²) in [6.07, 6.45) is 6.26. The summed E-state index contributed by atoms with van der Waals surface area (Å²) in [6, 6.07) is 4.01. The first kappa shape index (κ1) is 14.2. The van der Waals surface area contributed by atoms with Crippen molar-refractivity contribution in [3.8, 4) is 0 Å². The Balaban J connectivity index is 1.60. The molecule has 0 unspecified atom stereocenters. The number of fused-ring (bicyclic) bond motifs is 1. The summed E-state index contributed by atoms with van der Waals surface area (Å²) in [5.74, 6) is 1.10. The van der Waals surface area contributed by atoms with Gasteiger partial charge in [0.1, 0.15) is 5.82 Å². The summed E-state index contributed by atoms with van der Waals surface area (Å²) in [4.78, 5) is 17.0. The minimum atomic E-state index is -0.261. The fraction of sp³-hybridized carbons (Fsp3) is 0.474. The smallest absolute Gasteiger partial charge is 0.255 e. The molecule has 4 saturated carbocycles. The van der Waals surface area contributed by atoms with Gasteiger partial charge in [-0.1, -0.05) is 0 Å². The average Bonchev–Trinajstić information content (AvgIpc) is 3.27. The predicted octanol–water partition coefficient (Wildman–Crippen LogP) is 3.39. The monoisotopic (exact) mass is 325 g/mol. The number of anilines is 1. The molecule has 1 heterocycles. The number of hydrogen-bond acceptors (Lipinski definition) is 3. The summed E-state index contributed by atoms with van der Waals surface area (Å²) in [5, 5.41) is 7.46. The molecule has 5 heteroatoms. The molecule has 0 atom stereocenters. The molecule has 24 heavy (non-hydrogen) atoms. The highest BCUT2D eigenvalue weighted by Crippen LogP contribution is 2.55. The van der Waals surface area contributed by atoms with E-state index in [-0.39, 0.29) is 11.7 Å². The Kier molecular flexibility index (Phi) is 2.91. The van der Waals surface area contributed by atoms with Gasteiger partial charge in [0.25, 0.3) is 5.91 Å². The number of rotatable bonds is 4. The van der Waals surface area contributed by atoms with Crippen molar-refractivity contribution < 1.29 is 9.18 Å². The van der Waals surface area contributed by atoms with Crippen LogP contribution in [0.15, 0.2) is 18.3 Å². The standard InChI is InChI=1S/C19H20FN3O/c1-9-4-13-16(7-15(9)20)21-8-14(19(24)22-12-2-3-12)18(13)23-17-10-5-11(17)6-10/h4,7-8,10-12,17H,2-3,5-6H2,1H3,(H,21,23)(H,22,24). The number of nitrogens with zero attached hydrogens (tertiary/aromatic N) is 1. The normalized spacial score (nSPS) is 27.3. The van der Waals surface area contributed by atoms with Crippen molar-refractivity contribution in [2.24, 2.45) is 11.8 Å². The van der Waals surface area contributed by atoms with Crippen LogP contribution in [-0.4, -0.2) is 23.0 Å². The van der Waals surface area contributed by atoms with Crippen molar-refractivity contribution in [1.29, 1.82) is 0 Å². The minimum absolute atomic E-state index is 0.0793. The van der Waals surface area contributed by atoms with E-state index in [1.807, 2.05) is 0 Å². The number of aryl methyl sites for hydroxylation is 1. The number of nitrogens with one attached hydrogen (secondary N) is 2. The molecule has 4 aliphatic rings. The van der Waals surface area contributed by atoms with E-state index in [9.17, 15) is 9.18 Å². The van der Waals surface area contributed by atoms with Crippen molar-refractivity contribution >= 4 is 22.5 Å². The fourth-order valence-electron chi connectivity index (χ4n) is 3.83. The molecule has 2 N–H and O–H groups in total. The second-order valence-electron chi connectivity index (χ2n) is 7.57. The zero-order valence-corrected chi connectivity index (χ0v) is 13.6. The van der Waals surface area contributed by atoms with Crippen LogP contribution in [0.4, 0.5) is 10.1 Å². The van der Waals surface area contributed by atoms with Crippen LogP contribution < -0.4 is 10.6 Å². The number of aromatic nitrogens is 1. The van der Waals surface area contributed by atoms with E-state index in [0.717, 1.165) is 35.8 Å². The first-order chi connectivity index (χ1) is 11.6. The van der Waals surface area contributed by atoms with Crippen molar-refractivity contribution in [3.05, 3.63) is 35.3 Å². The molecule has 6 rings (SSSR count). The Hall–Kier alpha value is -2.17. The van der Waals surface area contributed by atoms with E-state index in [4.69, 9.17) is 0 Å². The third-order valence-corrected chi connectivity index (χ3v) is 5.84. The predicted molar refractivity (Wildman–Crippen MR) is 90.6 cm³/mol. The molecule has 124 valence electrons. The maximum absolute atomic E-state index is 13.9. The zero-order valence-electron chi connectivity index (χ0n) is 13.6. The number of carbonyl (C=O) groups excluding carboxylic acids is 1. The Morgan fingerprint density at radius 3 is 2.62 bits per heavy atom. The first-order valence-electron chi connectivity index (χ1n) is 8.76. The molecule has 0 spiro atoms. The van der Waals surface area contributed by atoms with Crippen LogP contribution in [0.3, 0.4) is 0 Å². The van der Waals surface area contributed by atoms with Crippen LogP contribution in [0.2, 0.25) is 0 Å². The van der Waals surface area contributed by atoms with Gasteiger partial charge in [-0.15, -0.1) is 0 Å². The molecule has 2 bridgehead atoms. The van der Waals surface area contributed by atoms with Gasteiger partial charge >= 0.3 is 0 Å². The number of amides is 1. The van der Waals surface area contributed by atoms with Crippen LogP contribution in [0.1, 0.15) is 41.6 Å². The van der Waals surface area contributed by atoms with Gasteiger partial charge in [-0.25, -0.2) is 4.39 Å². The van der Waals surface area contributed by atoms with Gasteiger partial charge in [0.2, 0.25) is 0 Å². The van der Waals surface area contributed by atoms with Crippen LogP contribution in [0, 0.1) is 24.6 Å². The van der Waals surface area contributed by atoms with Crippen LogP contribution in [-0.2, 0) is 0 Å². The number of hydrogen-bond donors (Lipinski definition) is 2.